The van der Waals surface area contributed by atoms with Crippen LogP contribution in [0.2, 0.25) is 0 Å². The van der Waals surface area contributed by atoms with Gasteiger partial charge in [-0.3, -0.25) is 0 Å². The maximum Gasteiger partial charge on any atom is 0.215 e. The van der Waals surface area contributed by atoms with Gasteiger partial charge in [-0.15, -0.1) is 0 Å². The number of nitrogens with one attached hydrogen (secondary N) is 1. The largest absolute Gasteiger partial charge is 0.313 e. The van der Waals surface area contributed by atoms with Gasteiger partial charge in [0, 0.05) is 19.1 Å². The number of nitrogens with zero attached hydrogens (tertiary/aromatic N) is 1. The second kappa shape index (κ2) is 5.02. The van der Waals surface area contributed by atoms with Gasteiger partial charge in [-0.05, 0) is 31.7 Å². The molecule has 2 atom stereocenters. The molecular weight excluding hydrogens is 224 g/mol. The van der Waals surface area contributed by atoms with Crippen LogP contribution in [0.4, 0.5) is 0 Å². The van der Waals surface area contributed by atoms with Gasteiger partial charge in [-0.2, -0.15) is 0 Å². The first kappa shape index (κ1) is 12.3. The lowest BCUT2D eigenvalue weighted by molar-refractivity contribution is 0.408. The van der Waals surface area contributed by atoms with Crippen LogP contribution in [-0.4, -0.2) is 44.2 Å². The van der Waals surface area contributed by atoms with E-state index in [1.165, 1.54) is 6.42 Å². The topological polar surface area (TPSA) is 49.4 Å². The minimum absolute atomic E-state index is 0.176. The average molecular weight is 246 g/mol. The highest BCUT2D eigenvalue weighted by Crippen LogP contribution is 2.20. The van der Waals surface area contributed by atoms with E-state index in [-0.39, 0.29) is 6.04 Å². The van der Waals surface area contributed by atoms with Crippen molar-refractivity contribution in [3.8, 4) is 0 Å². The average Bonchev–Trinajstić information content (AvgIpc) is 2.66. The van der Waals surface area contributed by atoms with E-state index in [0.717, 1.165) is 38.9 Å². The second-order valence-electron chi connectivity index (χ2n) is 5.18. The zero-order valence-corrected chi connectivity index (χ0v) is 10.8. The Balaban J connectivity index is 1.91. The molecule has 2 heterocycles. The maximum atomic E-state index is 12.1. The fraction of sp³-hybridized carbons (Fsp3) is 1.00. The van der Waals surface area contributed by atoms with Crippen LogP contribution in [0.1, 0.15) is 32.6 Å². The summed E-state index contributed by atoms with van der Waals surface area (Å²) >= 11 is 0. The fourth-order valence-corrected chi connectivity index (χ4v) is 4.44. The molecule has 2 saturated heterocycles. The van der Waals surface area contributed by atoms with Crippen molar-refractivity contribution >= 4 is 10.0 Å². The molecule has 2 unspecified atom stereocenters. The molecule has 94 valence electrons. The highest BCUT2D eigenvalue weighted by Gasteiger charge is 2.31. The molecule has 0 saturated carbocycles. The third-order valence-electron chi connectivity index (χ3n) is 3.60. The summed E-state index contributed by atoms with van der Waals surface area (Å²) < 4.78 is 25.9. The van der Waals surface area contributed by atoms with Crippen LogP contribution in [0, 0.1) is 5.92 Å². The SMILES string of the molecule is CC1CCN(S(=O)(=O)CC2CCCCN2)C1. The molecule has 0 aromatic carbocycles. The zero-order valence-electron chi connectivity index (χ0n) is 9.98. The third-order valence-corrected chi connectivity index (χ3v) is 5.55. The minimum atomic E-state index is -3.02. The Bertz CT molecular complexity index is 323. The van der Waals surface area contributed by atoms with E-state index >= 15 is 0 Å². The van der Waals surface area contributed by atoms with Crippen molar-refractivity contribution in [2.45, 2.75) is 38.6 Å². The van der Waals surface area contributed by atoms with Gasteiger partial charge >= 0.3 is 0 Å². The first-order valence-electron chi connectivity index (χ1n) is 6.29. The zero-order chi connectivity index (χ0) is 11.6. The molecule has 2 aliphatic heterocycles. The standard InChI is InChI=1S/C11H22N2O2S/c1-10-5-7-13(8-10)16(14,15)9-11-4-2-3-6-12-11/h10-12H,2-9H2,1H3. The van der Waals surface area contributed by atoms with E-state index < -0.39 is 10.0 Å². The van der Waals surface area contributed by atoms with Crippen LogP contribution in [0.5, 0.6) is 0 Å². The Hall–Kier alpha value is -0.130. The first-order chi connectivity index (χ1) is 7.58. The molecule has 0 aromatic rings. The van der Waals surface area contributed by atoms with Gasteiger partial charge in [0.05, 0.1) is 5.75 Å². The van der Waals surface area contributed by atoms with Crippen LogP contribution in [0.25, 0.3) is 0 Å². The van der Waals surface area contributed by atoms with Gasteiger partial charge in [0.25, 0.3) is 0 Å². The molecule has 0 amide bonds. The lowest BCUT2D eigenvalue weighted by atomic mass is 10.1. The molecular formula is C11H22N2O2S. The predicted octanol–water partition coefficient (Wildman–Crippen LogP) is 0.800. The second-order valence-corrected chi connectivity index (χ2v) is 7.19. The smallest absolute Gasteiger partial charge is 0.215 e. The quantitative estimate of drug-likeness (QED) is 0.801. The fourth-order valence-electron chi connectivity index (χ4n) is 2.57. The Morgan fingerprint density at radius 1 is 1.31 bits per heavy atom. The van der Waals surface area contributed by atoms with Gasteiger partial charge in [0.1, 0.15) is 0 Å². The highest BCUT2D eigenvalue weighted by atomic mass is 32.2. The molecule has 0 radical (unpaired) electrons. The predicted molar refractivity (Wildman–Crippen MR) is 64.8 cm³/mol. The number of sulfonamides is 1. The van der Waals surface area contributed by atoms with E-state index in [1.54, 1.807) is 4.31 Å². The molecule has 4 nitrogen and oxygen atoms in total. The molecule has 2 fully saturated rings. The number of rotatable bonds is 3. The van der Waals surface area contributed by atoms with Gasteiger partial charge in [-0.25, -0.2) is 12.7 Å². The molecule has 2 rings (SSSR count). The molecule has 0 aliphatic carbocycles. The van der Waals surface area contributed by atoms with E-state index in [0.29, 0.717) is 11.7 Å². The van der Waals surface area contributed by atoms with Crippen molar-refractivity contribution < 1.29 is 8.42 Å². The van der Waals surface area contributed by atoms with Crippen molar-refractivity contribution in [2.75, 3.05) is 25.4 Å². The molecule has 0 aromatic heterocycles. The lowest BCUT2D eigenvalue weighted by Crippen LogP contribution is -2.43. The molecule has 5 heteroatoms. The van der Waals surface area contributed by atoms with E-state index in [1.807, 2.05) is 0 Å². The summed E-state index contributed by atoms with van der Waals surface area (Å²) in [6.07, 6.45) is 4.35. The van der Waals surface area contributed by atoms with Crippen molar-refractivity contribution in [1.82, 2.24) is 9.62 Å². The van der Waals surface area contributed by atoms with Crippen molar-refractivity contribution in [1.29, 1.82) is 0 Å². The molecule has 0 bridgehead atoms. The van der Waals surface area contributed by atoms with Crippen LogP contribution >= 0.6 is 0 Å². The summed E-state index contributed by atoms with van der Waals surface area (Å²) in [5, 5.41) is 3.30. The molecule has 1 N–H and O–H groups in total. The Kier molecular flexibility index (Phi) is 3.87. The van der Waals surface area contributed by atoms with E-state index in [4.69, 9.17) is 0 Å². The van der Waals surface area contributed by atoms with Crippen LogP contribution in [-0.2, 0) is 10.0 Å². The normalized spacial score (nSPS) is 33.1. The van der Waals surface area contributed by atoms with Gasteiger partial charge in [0.15, 0.2) is 0 Å². The van der Waals surface area contributed by atoms with Crippen molar-refractivity contribution in [3.05, 3.63) is 0 Å². The van der Waals surface area contributed by atoms with Gasteiger partial charge in [0.2, 0.25) is 10.0 Å². The number of piperidine rings is 1. The van der Waals surface area contributed by atoms with Gasteiger partial charge < -0.3 is 5.32 Å². The monoisotopic (exact) mass is 246 g/mol. The van der Waals surface area contributed by atoms with Crippen LogP contribution in [0.3, 0.4) is 0 Å². The van der Waals surface area contributed by atoms with Gasteiger partial charge in [-0.1, -0.05) is 13.3 Å². The molecule has 2 aliphatic rings. The first-order valence-corrected chi connectivity index (χ1v) is 7.90. The maximum absolute atomic E-state index is 12.1. The lowest BCUT2D eigenvalue weighted by Gasteiger charge is -2.25. The number of hydrogen-bond acceptors (Lipinski definition) is 3. The highest BCUT2D eigenvalue weighted by molar-refractivity contribution is 7.89. The van der Waals surface area contributed by atoms with Crippen LogP contribution in [0.15, 0.2) is 0 Å². The third kappa shape index (κ3) is 2.96. The summed E-state index contributed by atoms with van der Waals surface area (Å²) in [5.41, 5.74) is 0. The van der Waals surface area contributed by atoms with Crippen LogP contribution < -0.4 is 5.32 Å². The summed E-state index contributed by atoms with van der Waals surface area (Å²) in [6, 6.07) is 0.176. The minimum Gasteiger partial charge on any atom is -0.313 e. The summed E-state index contributed by atoms with van der Waals surface area (Å²) in [4.78, 5) is 0. The summed E-state index contributed by atoms with van der Waals surface area (Å²) in [5.74, 6) is 0.814. The Morgan fingerprint density at radius 3 is 2.69 bits per heavy atom. The molecule has 0 spiro atoms. The Labute approximate surface area is 98.4 Å². The Morgan fingerprint density at radius 2 is 2.12 bits per heavy atom. The summed E-state index contributed by atoms with van der Waals surface area (Å²) in [6.45, 7) is 4.52. The number of hydrogen-bond donors (Lipinski definition) is 1. The van der Waals surface area contributed by atoms with E-state index in [2.05, 4.69) is 12.2 Å². The molecule has 16 heavy (non-hydrogen) atoms. The van der Waals surface area contributed by atoms with E-state index in [9.17, 15) is 8.42 Å². The van der Waals surface area contributed by atoms with Crippen molar-refractivity contribution in [3.63, 3.8) is 0 Å². The van der Waals surface area contributed by atoms with Crippen molar-refractivity contribution in [2.24, 2.45) is 5.92 Å². The summed E-state index contributed by atoms with van der Waals surface area (Å²) in [7, 11) is -3.02.